The van der Waals surface area contributed by atoms with E-state index in [2.05, 4.69) is 20.7 Å². The molecule has 1 amide bonds. The van der Waals surface area contributed by atoms with E-state index in [4.69, 9.17) is 8.94 Å². The van der Waals surface area contributed by atoms with Gasteiger partial charge in [0.1, 0.15) is 11.7 Å². The van der Waals surface area contributed by atoms with Gasteiger partial charge in [-0.3, -0.25) is 4.79 Å². The van der Waals surface area contributed by atoms with Gasteiger partial charge >= 0.3 is 0 Å². The van der Waals surface area contributed by atoms with Crippen LogP contribution in [0.15, 0.2) is 33.2 Å². The molecule has 3 aromatic rings. The van der Waals surface area contributed by atoms with E-state index in [0.29, 0.717) is 23.1 Å². The topological polar surface area (TPSA) is 94.1 Å². The van der Waals surface area contributed by atoms with E-state index in [1.807, 2.05) is 38.1 Å². The van der Waals surface area contributed by atoms with Gasteiger partial charge < -0.3 is 14.3 Å². The maximum absolute atomic E-state index is 12.2. The summed E-state index contributed by atoms with van der Waals surface area (Å²) in [6.45, 7) is 5.74. The molecular weight excluding hydrogens is 296 g/mol. The van der Waals surface area contributed by atoms with Crippen molar-refractivity contribution in [2.75, 3.05) is 0 Å². The summed E-state index contributed by atoms with van der Waals surface area (Å²) in [4.78, 5) is 12.2. The van der Waals surface area contributed by atoms with Crippen molar-refractivity contribution < 1.29 is 13.7 Å². The normalized spacial score (nSPS) is 12.7. The second-order valence-corrected chi connectivity index (χ2v) is 5.72. The minimum Gasteiger partial charge on any atom is -0.423 e. The number of benzene rings is 1. The van der Waals surface area contributed by atoms with Crippen molar-refractivity contribution in [1.29, 1.82) is 0 Å². The molecule has 0 aliphatic rings. The van der Waals surface area contributed by atoms with Crippen LogP contribution >= 0.6 is 0 Å². The average Bonchev–Trinajstić information content (AvgIpc) is 3.15. The van der Waals surface area contributed by atoms with Crippen LogP contribution in [0.4, 0.5) is 0 Å². The molecule has 1 aromatic carbocycles. The Kier molecular flexibility index (Phi) is 4.10. The van der Waals surface area contributed by atoms with Crippen molar-refractivity contribution >= 4 is 16.9 Å². The first-order valence-corrected chi connectivity index (χ1v) is 7.50. The first kappa shape index (κ1) is 15.2. The molecule has 1 N–H and O–H groups in total. The van der Waals surface area contributed by atoms with Gasteiger partial charge in [-0.1, -0.05) is 31.1 Å². The second kappa shape index (κ2) is 6.20. The third-order valence-electron chi connectivity index (χ3n) is 3.48. The minimum atomic E-state index is -0.360. The molecule has 0 saturated heterocycles. The number of carbonyl (C=O) groups excluding carboxylic acids is 1. The number of fused-ring (bicyclic) bond motifs is 1. The molecule has 3 rings (SSSR count). The molecule has 7 nitrogen and oxygen atoms in total. The van der Waals surface area contributed by atoms with Crippen LogP contribution in [0.1, 0.15) is 50.2 Å². The lowest BCUT2D eigenvalue weighted by Gasteiger charge is -2.09. The number of nitrogens with zero attached hydrogens (tertiary/aromatic N) is 3. The fourth-order valence-electron chi connectivity index (χ4n) is 2.23. The number of amides is 1. The fraction of sp³-hybridized carbons (Fsp3) is 0.375. The summed E-state index contributed by atoms with van der Waals surface area (Å²) < 4.78 is 10.7. The van der Waals surface area contributed by atoms with Crippen LogP contribution in [0.2, 0.25) is 0 Å². The van der Waals surface area contributed by atoms with Crippen molar-refractivity contribution in [2.24, 2.45) is 0 Å². The Morgan fingerprint density at radius 1 is 1.17 bits per heavy atom. The number of rotatable bonds is 5. The number of hydrogen-bond donors (Lipinski definition) is 1. The van der Waals surface area contributed by atoms with E-state index in [0.717, 1.165) is 5.39 Å². The van der Waals surface area contributed by atoms with Gasteiger partial charge in [0.05, 0.1) is 6.42 Å². The molecule has 0 radical (unpaired) electrons. The summed E-state index contributed by atoms with van der Waals surface area (Å²) >= 11 is 0. The lowest BCUT2D eigenvalue weighted by Crippen LogP contribution is -2.28. The van der Waals surface area contributed by atoms with Crippen molar-refractivity contribution in [1.82, 2.24) is 20.7 Å². The fourth-order valence-corrected chi connectivity index (χ4v) is 2.23. The molecule has 2 heterocycles. The smallest absolute Gasteiger partial charge is 0.238 e. The number of hydrogen-bond acceptors (Lipinski definition) is 6. The molecule has 1 unspecified atom stereocenters. The molecule has 120 valence electrons. The van der Waals surface area contributed by atoms with E-state index in [1.54, 1.807) is 6.92 Å². The van der Waals surface area contributed by atoms with Gasteiger partial charge in [-0.15, -0.1) is 10.2 Å². The van der Waals surface area contributed by atoms with E-state index in [-0.39, 0.29) is 24.3 Å². The molecule has 0 saturated carbocycles. The molecule has 2 aromatic heterocycles. The zero-order chi connectivity index (χ0) is 16.4. The Morgan fingerprint density at radius 3 is 2.65 bits per heavy atom. The molecule has 0 fully saturated rings. The lowest BCUT2D eigenvalue weighted by molar-refractivity contribution is -0.121. The first-order valence-electron chi connectivity index (χ1n) is 7.50. The minimum absolute atomic E-state index is 0.131. The third kappa shape index (κ3) is 3.23. The monoisotopic (exact) mass is 314 g/mol. The predicted molar refractivity (Wildman–Crippen MR) is 82.7 cm³/mol. The van der Waals surface area contributed by atoms with Crippen LogP contribution in [0.25, 0.3) is 11.0 Å². The van der Waals surface area contributed by atoms with E-state index < -0.39 is 0 Å². The molecule has 7 heteroatoms. The third-order valence-corrected chi connectivity index (χ3v) is 3.48. The Balaban J connectivity index is 1.66. The van der Waals surface area contributed by atoms with Crippen molar-refractivity contribution in [3.63, 3.8) is 0 Å². The standard InChI is InChI=1S/C16H18N4O3/c1-9(2)15-18-19-16(22-15)10(3)17-14(21)8-12-11-6-4-5-7-13(11)23-20-12/h4-7,9-10H,8H2,1-3H3,(H,17,21). The maximum atomic E-state index is 12.2. The van der Waals surface area contributed by atoms with Crippen molar-refractivity contribution in [2.45, 2.75) is 39.2 Å². The van der Waals surface area contributed by atoms with Crippen LogP contribution in [0, 0.1) is 0 Å². The van der Waals surface area contributed by atoms with Crippen LogP contribution in [-0.4, -0.2) is 21.3 Å². The molecule has 1 atom stereocenters. The van der Waals surface area contributed by atoms with E-state index in [9.17, 15) is 4.79 Å². The Morgan fingerprint density at radius 2 is 1.91 bits per heavy atom. The molecule has 0 aliphatic heterocycles. The lowest BCUT2D eigenvalue weighted by atomic mass is 10.1. The predicted octanol–water partition coefficient (Wildman–Crippen LogP) is 2.75. The summed E-state index contributed by atoms with van der Waals surface area (Å²) in [6.07, 6.45) is 0.131. The first-order chi connectivity index (χ1) is 11.0. The van der Waals surface area contributed by atoms with Gasteiger partial charge in [-0.05, 0) is 19.1 Å². The van der Waals surface area contributed by atoms with Crippen molar-refractivity contribution in [3.05, 3.63) is 41.7 Å². The largest absolute Gasteiger partial charge is 0.423 e. The summed E-state index contributed by atoms with van der Waals surface area (Å²) in [5.41, 5.74) is 1.28. The van der Waals surface area contributed by atoms with Gasteiger partial charge in [-0.25, -0.2) is 0 Å². The maximum Gasteiger partial charge on any atom is 0.238 e. The van der Waals surface area contributed by atoms with Crippen LogP contribution in [0.5, 0.6) is 0 Å². The van der Waals surface area contributed by atoms with Gasteiger partial charge in [0, 0.05) is 11.3 Å². The van der Waals surface area contributed by atoms with Gasteiger partial charge in [-0.2, -0.15) is 0 Å². The highest BCUT2D eigenvalue weighted by Gasteiger charge is 2.19. The van der Waals surface area contributed by atoms with E-state index >= 15 is 0 Å². The average molecular weight is 314 g/mol. The van der Waals surface area contributed by atoms with Crippen LogP contribution < -0.4 is 5.32 Å². The molecule has 0 aliphatic carbocycles. The van der Waals surface area contributed by atoms with Crippen LogP contribution in [0.3, 0.4) is 0 Å². The summed E-state index contributed by atoms with van der Waals surface area (Å²) in [6, 6.07) is 7.08. The zero-order valence-corrected chi connectivity index (χ0v) is 13.2. The second-order valence-electron chi connectivity index (χ2n) is 5.72. The highest BCUT2D eigenvalue weighted by Crippen LogP contribution is 2.19. The molecule has 0 spiro atoms. The SMILES string of the molecule is CC(C)c1nnc(C(C)NC(=O)Cc2noc3ccccc23)o1. The van der Waals surface area contributed by atoms with Gasteiger partial charge in [0.25, 0.3) is 0 Å². The van der Waals surface area contributed by atoms with Crippen LogP contribution in [-0.2, 0) is 11.2 Å². The Labute approximate surface area is 133 Å². The van der Waals surface area contributed by atoms with Gasteiger partial charge in [0.2, 0.25) is 17.7 Å². The van der Waals surface area contributed by atoms with Crippen molar-refractivity contribution in [3.8, 4) is 0 Å². The summed E-state index contributed by atoms with van der Waals surface area (Å²) in [5, 5.41) is 15.6. The number of para-hydroxylation sites is 1. The zero-order valence-electron chi connectivity index (χ0n) is 13.2. The number of aromatic nitrogens is 3. The van der Waals surface area contributed by atoms with E-state index in [1.165, 1.54) is 0 Å². The highest BCUT2D eigenvalue weighted by molar-refractivity contribution is 5.86. The Hall–Kier alpha value is -2.70. The summed E-state index contributed by atoms with van der Waals surface area (Å²) in [5.74, 6) is 0.928. The number of carbonyl (C=O) groups is 1. The van der Waals surface area contributed by atoms with Gasteiger partial charge in [0.15, 0.2) is 5.58 Å². The summed E-state index contributed by atoms with van der Waals surface area (Å²) in [7, 11) is 0. The quantitative estimate of drug-likeness (QED) is 0.778. The molecular formula is C16H18N4O3. The number of nitrogens with one attached hydrogen (secondary N) is 1. The molecule has 23 heavy (non-hydrogen) atoms. The molecule has 0 bridgehead atoms. The Bertz CT molecular complexity index is 821. The highest BCUT2D eigenvalue weighted by atomic mass is 16.5.